The molecule has 0 saturated carbocycles. The van der Waals surface area contributed by atoms with Crippen LogP contribution in [0.3, 0.4) is 0 Å². The Labute approximate surface area is 146 Å². The first-order valence-electron chi connectivity index (χ1n) is 7.93. The van der Waals surface area contributed by atoms with Gasteiger partial charge in [0, 0.05) is 19.2 Å². The molecule has 0 amide bonds. The number of halogens is 1. The Bertz CT molecular complexity index is 1140. The van der Waals surface area contributed by atoms with E-state index in [-0.39, 0.29) is 11.5 Å². The van der Waals surface area contributed by atoms with Crippen LogP contribution < -0.4 is 0 Å². The lowest BCUT2D eigenvalue weighted by Gasteiger charge is -2.08. The average molecular weight is 354 g/mol. The third kappa shape index (κ3) is 2.38. The van der Waals surface area contributed by atoms with Crippen LogP contribution in [0.2, 0.25) is 0 Å². The molecule has 0 radical (unpaired) electrons. The molecule has 26 heavy (non-hydrogen) atoms. The fourth-order valence-corrected chi connectivity index (χ4v) is 3.10. The van der Waals surface area contributed by atoms with Gasteiger partial charge >= 0.3 is 5.97 Å². The highest BCUT2D eigenvalue weighted by Crippen LogP contribution is 2.28. The van der Waals surface area contributed by atoms with Crippen molar-refractivity contribution >= 4 is 28.0 Å². The number of aryl methyl sites for hydroxylation is 1. The summed E-state index contributed by atoms with van der Waals surface area (Å²) in [6.07, 6.45) is 0. The number of aromatic amines is 1. The number of rotatable bonds is 3. The van der Waals surface area contributed by atoms with Gasteiger partial charge in [0.05, 0.1) is 33.5 Å². The van der Waals surface area contributed by atoms with Crippen molar-refractivity contribution in [3.8, 4) is 5.75 Å². The lowest BCUT2D eigenvalue weighted by Crippen LogP contribution is -2.06. The first-order valence-corrected chi connectivity index (χ1v) is 7.93. The number of aromatic carboxylic acids is 1. The maximum absolute atomic E-state index is 13.5. The van der Waals surface area contributed by atoms with Gasteiger partial charge in [-0.3, -0.25) is 0 Å². The molecule has 132 valence electrons. The summed E-state index contributed by atoms with van der Waals surface area (Å²) >= 11 is 0. The topological polar surface area (TPSA) is 104 Å². The van der Waals surface area contributed by atoms with Crippen molar-refractivity contribution in [2.75, 3.05) is 0 Å². The van der Waals surface area contributed by atoms with E-state index in [4.69, 9.17) is 5.11 Å². The summed E-state index contributed by atoms with van der Waals surface area (Å²) < 4.78 is 15.3. The zero-order valence-electron chi connectivity index (χ0n) is 14.0. The number of phenolic OH excluding ortho intramolecular Hbond substituents is 1. The van der Waals surface area contributed by atoms with Crippen molar-refractivity contribution in [3.05, 3.63) is 53.4 Å². The number of carbonyl (C=O) groups is 1. The van der Waals surface area contributed by atoms with E-state index < -0.39 is 17.5 Å². The quantitative estimate of drug-likeness (QED) is 0.524. The first-order chi connectivity index (χ1) is 12.3. The molecule has 2 aromatic heterocycles. The highest BCUT2D eigenvalue weighted by Gasteiger charge is 2.21. The molecule has 2 aromatic carbocycles. The fraction of sp³-hybridized carbons (Fsp3) is 0.167. The smallest absolute Gasteiger partial charge is 0.335 e. The highest BCUT2D eigenvalue weighted by atomic mass is 19.1. The van der Waals surface area contributed by atoms with Crippen LogP contribution in [0.25, 0.3) is 22.1 Å². The van der Waals surface area contributed by atoms with E-state index >= 15 is 0 Å². The van der Waals surface area contributed by atoms with Gasteiger partial charge in [-0.2, -0.15) is 0 Å². The Morgan fingerprint density at radius 3 is 2.73 bits per heavy atom. The van der Waals surface area contributed by atoms with Crippen molar-refractivity contribution in [1.82, 2.24) is 19.5 Å². The second-order valence-electron chi connectivity index (χ2n) is 6.20. The molecule has 3 N–H and O–H groups in total. The Hall–Kier alpha value is -3.42. The molecule has 4 aromatic rings. The summed E-state index contributed by atoms with van der Waals surface area (Å²) in [5, 5.41) is 18.7. The van der Waals surface area contributed by atoms with Crippen molar-refractivity contribution in [2.45, 2.75) is 12.8 Å². The summed E-state index contributed by atoms with van der Waals surface area (Å²) in [6, 6.07) is 7.22. The van der Waals surface area contributed by atoms with Crippen LogP contribution in [0, 0.1) is 5.82 Å². The number of benzene rings is 2. The normalized spacial score (nSPS) is 12.7. The zero-order chi connectivity index (χ0) is 18.6. The summed E-state index contributed by atoms with van der Waals surface area (Å²) in [5.41, 5.74) is 2.51. The summed E-state index contributed by atoms with van der Waals surface area (Å²) in [7, 11) is 1.81. The number of aromatic nitrogens is 4. The minimum atomic E-state index is -0.998. The molecule has 0 aliphatic carbocycles. The molecular formula is C18H15FN4O3. The number of nitrogens with zero attached hydrogens (tertiary/aromatic N) is 3. The minimum Gasteiger partial charge on any atom is -0.505 e. The average Bonchev–Trinajstić information content (AvgIpc) is 3.15. The fourth-order valence-electron chi connectivity index (χ4n) is 3.10. The Balaban J connectivity index is 1.81. The van der Waals surface area contributed by atoms with Gasteiger partial charge in [-0.25, -0.2) is 19.2 Å². The molecule has 0 fully saturated rings. The predicted octanol–water partition coefficient (Wildman–Crippen LogP) is 3.14. The molecule has 0 aliphatic rings. The molecule has 0 bridgehead atoms. The van der Waals surface area contributed by atoms with E-state index in [2.05, 4.69) is 15.0 Å². The lowest BCUT2D eigenvalue weighted by atomic mass is 10.1. The Morgan fingerprint density at radius 1 is 1.23 bits per heavy atom. The van der Waals surface area contributed by atoms with Gasteiger partial charge < -0.3 is 19.8 Å². The van der Waals surface area contributed by atoms with Crippen LogP contribution in [0.5, 0.6) is 5.75 Å². The standard InChI is InChI=1S/C18H15FN4O3/c1-8(16-20-12-6-10(19)15(24)7-13(12)21-16)17-22-11-4-3-9(18(25)26)5-14(11)23(17)2/h3-8,24H,1-2H3,(H,20,21)(H,25,26). The minimum absolute atomic E-state index is 0.189. The maximum Gasteiger partial charge on any atom is 0.335 e. The van der Waals surface area contributed by atoms with Gasteiger partial charge in [0.1, 0.15) is 11.6 Å². The molecule has 8 heteroatoms. The van der Waals surface area contributed by atoms with Crippen molar-refractivity contribution in [1.29, 1.82) is 0 Å². The molecule has 1 unspecified atom stereocenters. The molecule has 1 atom stereocenters. The predicted molar refractivity (Wildman–Crippen MR) is 92.9 cm³/mol. The molecule has 0 saturated heterocycles. The third-order valence-electron chi connectivity index (χ3n) is 4.53. The van der Waals surface area contributed by atoms with E-state index in [0.717, 1.165) is 0 Å². The summed E-state index contributed by atoms with van der Waals surface area (Å²) in [5.74, 6) is -1.16. The molecule has 0 aliphatic heterocycles. The number of hydrogen-bond acceptors (Lipinski definition) is 4. The second kappa shape index (κ2) is 5.55. The SMILES string of the molecule is CC(c1nc2cc(O)c(F)cc2[nH]1)c1nc2ccc(C(=O)O)cc2n1C. The Kier molecular flexibility index (Phi) is 3.43. The van der Waals surface area contributed by atoms with Crippen LogP contribution in [-0.4, -0.2) is 35.7 Å². The van der Waals surface area contributed by atoms with E-state index in [1.54, 1.807) is 19.2 Å². The highest BCUT2D eigenvalue weighted by molar-refractivity contribution is 5.92. The number of imidazole rings is 2. The number of H-pyrrole nitrogens is 1. The van der Waals surface area contributed by atoms with Gasteiger partial charge in [-0.15, -0.1) is 0 Å². The number of aromatic hydroxyl groups is 1. The van der Waals surface area contributed by atoms with Crippen LogP contribution in [0.1, 0.15) is 34.8 Å². The van der Waals surface area contributed by atoms with Crippen molar-refractivity contribution < 1.29 is 19.4 Å². The van der Waals surface area contributed by atoms with Crippen LogP contribution in [-0.2, 0) is 7.05 Å². The molecule has 4 rings (SSSR count). The van der Waals surface area contributed by atoms with Gasteiger partial charge in [-0.05, 0) is 25.1 Å². The van der Waals surface area contributed by atoms with E-state index in [0.29, 0.717) is 33.7 Å². The lowest BCUT2D eigenvalue weighted by molar-refractivity contribution is 0.0697. The van der Waals surface area contributed by atoms with Crippen molar-refractivity contribution in [2.24, 2.45) is 7.05 Å². The number of fused-ring (bicyclic) bond motifs is 2. The zero-order valence-corrected chi connectivity index (χ0v) is 14.0. The Morgan fingerprint density at radius 2 is 2.00 bits per heavy atom. The summed E-state index contributed by atoms with van der Waals surface area (Å²) in [6.45, 7) is 1.90. The molecular weight excluding hydrogens is 339 g/mol. The first kappa shape index (κ1) is 16.1. The van der Waals surface area contributed by atoms with Gasteiger partial charge in [0.2, 0.25) is 0 Å². The van der Waals surface area contributed by atoms with E-state index in [1.807, 2.05) is 11.5 Å². The van der Waals surface area contributed by atoms with Gasteiger partial charge in [-0.1, -0.05) is 0 Å². The van der Waals surface area contributed by atoms with Crippen LogP contribution in [0.15, 0.2) is 30.3 Å². The summed E-state index contributed by atoms with van der Waals surface area (Å²) in [4.78, 5) is 23.2. The number of nitrogens with one attached hydrogen (secondary N) is 1. The largest absolute Gasteiger partial charge is 0.505 e. The molecule has 0 spiro atoms. The number of carboxylic acid groups (broad SMARTS) is 1. The van der Waals surface area contributed by atoms with Crippen molar-refractivity contribution in [3.63, 3.8) is 0 Å². The molecule has 2 heterocycles. The molecule has 7 nitrogen and oxygen atoms in total. The van der Waals surface area contributed by atoms with Gasteiger partial charge in [0.15, 0.2) is 11.6 Å². The number of carboxylic acids is 1. The third-order valence-corrected chi connectivity index (χ3v) is 4.53. The monoisotopic (exact) mass is 354 g/mol. The van der Waals surface area contributed by atoms with E-state index in [9.17, 15) is 14.3 Å². The second-order valence-corrected chi connectivity index (χ2v) is 6.20. The van der Waals surface area contributed by atoms with Crippen LogP contribution in [0.4, 0.5) is 4.39 Å². The number of phenols is 1. The number of hydrogen-bond donors (Lipinski definition) is 3. The maximum atomic E-state index is 13.5. The van der Waals surface area contributed by atoms with Crippen LogP contribution >= 0.6 is 0 Å². The van der Waals surface area contributed by atoms with Gasteiger partial charge in [0.25, 0.3) is 0 Å². The van der Waals surface area contributed by atoms with E-state index in [1.165, 1.54) is 18.2 Å².